The number of piperidine rings is 1. The van der Waals surface area contributed by atoms with Crippen LogP contribution in [0, 0.1) is 5.92 Å². The number of likely N-dealkylation sites (tertiary alicyclic amines) is 1. The van der Waals surface area contributed by atoms with Crippen molar-refractivity contribution in [3.8, 4) is 0 Å². The number of amides is 1. The van der Waals surface area contributed by atoms with Gasteiger partial charge < -0.3 is 5.32 Å². The number of aromatic nitrogens is 2. The molecule has 3 rings (SSSR count). The average molecular weight is 318 g/mol. The summed E-state index contributed by atoms with van der Waals surface area (Å²) >= 11 is 1.49. The van der Waals surface area contributed by atoms with Crippen LogP contribution < -0.4 is 5.32 Å². The highest BCUT2D eigenvalue weighted by Crippen LogP contribution is 2.18. The van der Waals surface area contributed by atoms with Crippen LogP contribution in [0.4, 0.5) is 0 Å². The predicted octanol–water partition coefficient (Wildman–Crippen LogP) is 2.12. The van der Waals surface area contributed by atoms with Crippen LogP contribution in [0.25, 0.3) is 0 Å². The highest BCUT2D eigenvalue weighted by molar-refractivity contribution is 7.12. The summed E-state index contributed by atoms with van der Waals surface area (Å²) in [5.41, 5.74) is 1.26. The van der Waals surface area contributed by atoms with Crippen LogP contribution in [-0.4, -0.2) is 40.2 Å². The molecule has 0 aliphatic carbocycles. The van der Waals surface area contributed by atoms with Crippen molar-refractivity contribution in [1.29, 1.82) is 0 Å². The summed E-state index contributed by atoms with van der Waals surface area (Å²) in [7, 11) is 1.95. The molecule has 0 saturated carbocycles. The van der Waals surface area contributed by atoms with Gasteiger partial charge in [0.05, 0.1) is 11.1 Å². The van der Waals surface area contributed by atoms with Crippen molar-refractivity contribution in [2.75, 3.05) is 19.6 Å². The van der Waals surface area contributed by atoms with Crippen molar-refractivity contribution in [2.24, 2.45) is 13.0 Å². The van der Waals surface area contributed by atoms with E-state index in [1.54, 1.807) is 0 Å². The zero-order valence-corrected chi connectivity index (χ0v) is 13.7. The number of carbonyl (C=O) groups excluding carboxylic acids is 1. The van der Waals surface area contributed by atoms with Crippen LogP contribution in [-0.2, 0) is 13.6 Å². The van der Waals surface area contributed by atoms with Gasteiger partial charge in [-0.3, -0.25) is 14.4 Å². The molecule has 1 N–H and O–H groups in total. The molecule has 0 spiro atoms. The molecule has 22 heavy (non-hydrogen) atoms. The van der Waals surface area contributed by atoms with Crippen molar-refractivity contribution in [2.45, 2.75) is 19.4 Å². The van der Waals surface area contributed by atoms with E-state index < -0.39 is 0 Å². The van der Waals surface area contributed by atoms with E-state index in [0.29, 0.717) is 5.92 Å². The summed E-state index contributed by atoms with van der Waals surface area (Å²) in [6, 6.07) is 3.78. The van der Waals surface area contributed by atoms with Gasteiger partial charge in [0, 0.05) is 38.4 Å². The number of nitrogens with zero attached hydrogens (tertiary/aromatic N) is 3. The van der Waals surface area contributed by atoms with Gasteiger partial charge in [0.2, 0.25) is 0 Å². The largest absolute Gasteiger partial charge is 0.351 e. The summed E-state index contributed by atoms with van der Waals surface area (Å²) in [6.07, 6.45) is 6.39. The second-order valence-corrected chi connectivity index (χ2v) is 6.90. The fourth-order valence-corrected chi connectivity index (χ4v) is 3.65. The van der Waals surface area contributed by atoms with Crippen molar-refractivity contribution in [3.05, 3.63) is 40.3 Å². The SMILES string of the molecule is Cn1cc(CN2CCC[C@@H](CNC(=O)c3cccs3)C2)cn1. The molecule has 2 aromatic rings. The number of carbonyl (C=O) groups is 1. The normalized spacial score (nSPS) is 19.2. The molecule has 118 valence electrons. The van der Waals surface area contributed by atoms with E-state index >= 15 is 0 Å². The van der Waals surface area contributed by atoms with Gasteiger partial charge >= 0.3 is 0 Å². The summed E-state index contributed by atoms with van der Waals surface area (Å²) in [4.78, 5) is 15.3. The summed E-state index contributed by atoms with van der Waals surface area (Å²) in [6.45, 7) is 3.88. The van der Waals surface area contributed by atoms with Gasteiger partial charge in [-0.15, -0.1) is 11.3 Å². The van der Waals surface area contributed by atoms with E-state index in [2.05, 4.69) is 21.5 Å². The van der Waals surface area contributed by atoms with E-state index in [9.17, 15) is 4.79 Å². The molecule has 3 heterocycles. The van der Waals surface area contributed by atoms with Gasteiger partial charge in [-0.2, -0.15) is 5.10 Å². The van der Waals surface area contributed by atoms with Crippen molar-refractivity contribution in [1.82, 2.24) is 20.0 Å². The molecule has 1 atom stereocenters. The molecule has 1 fully saturated rings. The second kappa shape index (κ2) is 7.07. The van der Waals surface area contributed by atoms with E-state index in [1.165, 1.54) is 29.7 Å². The standard InChI is InChI=1S/C16H22N4OS/c1-19-10-14(9-18-19)12-20-6-2-4-13(11-20)8-17-16(21)15-5-3-7-22-15/h3,5,7,9-10,13H,2,4,6,8,11-12H2,1H3,(H,17,21)/t13-/m0/s1. The Bertz CT molecular complexity index is 607. The Morgan fingerprint density at radius 3 is 3.18 bits per heavy atom. The third kappa shape index (κ3) is 3.96. The molecule has 0 radical (unpaired) electrons. The average Bonchev–Trinajstić information content (AvgIpc) is 3.17. The monoisotopic (exact) mass is 318 g/mol. The number of rotatable bonds is 5. The highest BCUT2D eigenvalue weighted by Gasteiger charge is 2.21. The topological polar surface area (TPSA) is 50.2 Å². The van der Waals surface area contributed by atoms with Gasteiger partial charge in [0.25, 0.3) is 5.91 Å². The first-order valence-electron chi connectivity index (χ1n) is 7.72. The summed E-state index contributed by atoms with van der Waals surface area (Å²) in [5, 5.41) is 9.23. The van der Waals surface area contributed by atoms with Crippen molar-refractivity contribution < 1.29 is 4.79 Å². The van der Waals surface area contributed by atoms with Crippen molar-refractivity contribution >= 4 is 17.2 Å². The lowest BCUT2D eigenvalue weighted by atomic mass is 9.97. The Morgan fingerprint density at radius 1 is 1.55 bits per heavy atom. The van der Waals surface area contributed by atoms with Gasteiger partial charge in [0.1, 0.15) is 0 Å². The second-order valence-electron chi connectivity index (χ2n) is 5.95. The highest BCUT2D eigenvalue weighted by atomic mass is 32.1. The number of nitrogens with one attached hydrogen (secondary N) is 1. The van der Waals surface area contributed by atoms with E-state index in [4.69, 9.17) is 0 Å². The number of aryl methyl sites for hydroxylation is 1. The van der Waals surface area contributed by atoms with Gasteiger partial charge in [-0.1, -0.05) is 6.07 Å². The Morgan fingerprint density at radius 2 is 2.45 bits per heavy atom. The summed E-state index contributed by atoms with van der Waals surface area (Å²) < 4.78 is 1.85. The molecule has 0 bridgehead atoms. The number of thiophene rings is 1. The predicted molar refractivity (Wildman–Crippen MR) is 87.9 cm³/mol. The third-order valence-corrected chi connectivity index (χ3v) is 4.93. The molecular formula is C16H22N4OS. The lowest BCUT2D eigenvalue weighted by Crippen LogP contribution is -2.40. The first-order chi connectivity index (χ1) is 10.7. The van der Waals surface area contributed by atoms with Crippen molar-refractivity contribution in [3.63, 3.8) is 0 Å². The lowest BCUT2D eigenvalue weighted by molar-refractivity contribution is 0.0934. The first kappa shape index (κ1) is 15.2. The first-order valence-corrected chi connectivity index (χ1v) is 8.60. The zero-order valence-electron chi connectivity index (χ0n) is 12.9. The minimum atomic E-state index is 0.0550. The molecule has 6 heteroatoms. The Kier molecular flexibility index (Phi) is 4.90. The van der Waals surface area contributed by atoms with Crippen LogP contribution in [0.3, 0.4) is 0 Å². The molecular weight excluding hydrogens is 296 g/mol. The fraction of sp³-hybridized carbons (Fsp3) is 0.500. The molecule has 1 saturated heterocycles. The maximum absolute atomic E-state index is 12.0. The molecule has 1 amide bonds. The molecule has 0 aromatic carbocycles. The maximum Gasteiger partial charge on any atom is 0.261 e. The number of hydrogen-bond acceptors (Lipinski definition) is 4. The quantitative estimate of drug-likeness (QED) is 0.919. The molecule has 0 unspecified atom stereocenters. The van der Waals surface area contributed by atoms with Crippen LogP contribution in [0.2, 0.25) is 0 Å². The van der Waals surface area contributed by atoms with Gasteiger partial charge in [-0.25, -0.2) is 0 Å². The summed E-state index contributed by atoms with van der Waals surface area (Å²) in [5.74, 6) is 0.591. The molecule has 5 nitrogen and oxygen atoms in total. The van der Waals surface area contributed by atoms with Crippen LogP contribution in [0.5, 0.6) is 0 Å². The molecule has 1 aliphatic heterocycles. The van der Waals surface area contributed by atoms with E-state index in [0.717, 1.165) is 31.1 Å². The number of hydrogen-bond donors (Lipinski definition) is 1. The minimum absolute atomic E-state index is 0.0550. The van der Waals surface area contributed by atoms with E-state index in [-0.39, 0.29) is 5.91 Å². The Balaban J connectivity index is 1.47. The molecule has 1 aliphatic rings. The zero-order chi connectivity index (χ0) is 15.4. The molecule has 2 aromatic heterocycles. The fourth-order valence-electron chi connectivity index (χ4n) is 3.01. The minimum Gasteiger partial charge on any atom is -0.351 e. The van der Waals surface area contributed by atoms with Crippen LogP contribution in [0.15, 0.2) is 29.9 Å². The maximum atomic E-state index is 12.0. The smallest absolute Gasteiger partial charge is 0.261 e. The Labute approximate surface area is 134 Å². The van der Waals surface area contributed by atoms with Crippen LogP contribution in [0.1, 0.15) is 28.1 Å². The Hall–Kier alpha value is -1.66. The van der Waals surface area contributed by atoms with Crippen LogP contribution >= 0.6 is 11.3 Å². The van der Waals surface area contributed by atoms with Gasteiger partial charge in [-0.05, 0) is 36.8 Å². The lowest BCUT2D eigenvalue weighted by Gasteiger charge is -2.32. The van der Waals surface area contributed by atoms with Gasteiger partial charge in [0.15, 0.2) is 0 Å². The third-order valence-electron chi connectivity index (χ3n) is 4.06. The van der Waals surface area contributed by atoms with E-state index in [1.807, 2.05) is 35.4 Å².